The number of aliphatic imine (C=N–C) groups is 1. The summed E-state index contributed by atoms with van der Waals surface area (Å²) in [6.45, 7) is 9.50. The van der Waals surface area contributed by atoms with E-state index in [4.69, 9.17) is 5.26 Å². The fraction of sp³-hybridized carbons (Fsp3) is 0.529. The van der Waals surface area contributed by atoms with Crippen molar-refractivity contribution in [3.63, 3.8) is 0 Å². The molecule has 22 heavy (non-hydrogen) atoms. The minimum absolute atomic E-state index is 0.275. The Balaban J connectivity index is 2.12. The van der Waals surface area contributed by atoms with Crippen LogP contribution < -0.4 is 5.32 Å². The fourth-order valence-electron chi connectivity index (χ4n) is 2.62. The molecule has 2 rings (SSSR count). The van der Waals surface area contributed by atoms with Gasteiger partial charge in [-0.2, -0.15) is 5.26 Å². The van der Waals surface area contributed by atoms with E-state index >= 15 is 0 Å². The van der Waals surface area contributed by atoms with E-state index < -0.39 is 0 Å². The Morgan fingerprint density at radius 1 is 1.50 bits per heavy atom. The van der Waals surface area contributed by atoms with Crippen LogP contribution in [0, 0.1) is 22.6 Å². The number of hydrogen-bond acceptors (Lipinski definition) is 2. The summed E-state index contributed by atoms with van der Waals surface area (Å²) in [7, 11) is 0. The molecule has 1 fully saturated rings. The van der Waals surface area contributed by atoms with Crippen molar-refractivity contribution in [2.24, 2.45) is 10.4 Å². The van der Waals surface area contributed by atoms with Crippen LogP contribution in [0.5, 0.6) is 0 Å². The normalized spacial score (nSPS) is 17.4. The molecule has 0 saturated carbocycles. The van der Waals surface area contributed by atoms with Gasteiger partial charge in [-0.1, -0.05) is 19.9 Å². The molecule has 0 aliphatic carbocycles. The molecule has 1 N–H and O–H groups in total. The second-order valence-electron chi connectivity index (χ2n) is 6.42. The van der Waals surface area contributed by atoms with Gasteiger partial charge in [-0.25, -0.2) is 9.38 Å². The van der Waals surface area contributed by atoms with Gasteiger partial charge in [-0.05, 0) is 30.9 Å². The van der Waals surface area contributed by atoms with Gasteiger partial charge >= 0.3 is 0 Å². The van der Waals surface area contributed by atoms with E-state index in [9.17, 15) is 4.39 Å². The van der Waals surface area contributed by atoms with Crippen LogP contribution in [0.4, 0.5) is 4.39 Å². The van der Waals surface area contributed by atoms with Crippen molar-refractivity contribution in [1.29, 1.82) is 5.26 Å². The summed E-state index contributed by atoms with van der Waals surface area (Å²) in [5.41, 5.74) is 1.13. The average Bonchev–Trinajstić information content (AvgIpc) is 2.84. The lowest BCUT2D eigenvalue weighted by Crippen LogP contribution is -2.40. The smallest absolute Gasteiger partial charge is 0.194 e. The summed E-state index contributed by atoms with van der Waals surface area (Å²) in [6, 6.07) is 6.46. The highest BCUT2D eigenvalue weighted by atomic mass is 19.1. The van der Waals surface area contributed by atoms with Crippen LogP contribution in [-0.4, -0.2) is 30.5 Å². The molecule has 5 heteroatoms. The number of nitrogens with zero attached hydrogens (tertiary/aromatic N) is 3. The van der Waals surface area contributed by atoms with Crippen LogP contribution in [0.1, 0.15) is 38.3 Å². The minimum atomic E-state index is -0.375. The maximum atomic E-state index is 13.9. The maximum absolute atomic E-state index is 13.9. The molecule has 1 aromatic carbocycles. The third-order valence-corrected chi connectivity index (χ3v) is 3.89. The predicted octanol–water partition coefficient (Wildman–Crippen LogP) is 2.89. The van der Waals surface area contributed by atoms with Gasteiger partial charge in [0.25, 0.3) is 0 Å². The van der Waals surface area contributed by atoms with Crippen molar-refractivity contribution in [2.75, 3.05) is 19.6 Å². The van der Waals surface area contributed by atoms with Gasteiger partial charge in [-0.3, -0.25) is 0 Å². The quantitative estimate of drug-likeness (QED) is 0.690. The highest BCUT2D eigenvalue weighted by molar-refractivity contribution is 5.80. The van der Waals surface area contributed by atoms with Gasteiger partial charge in [0.1, 0.15) is 5.82 Å². The van der Waals surface area contributed by atoms with Crippen LogP contribution in [-0.2, 0) is 6.54 Å². The summed E-state index contributed by atoms with van der Waals surface area (Å²) < 4.78 is 13.9. The van der Waals surface area contributed by atoms with E-state index in [1.54, 1.807) is 12.1 Å². The molecule has 1 heterocycles. The Kier molecular flexibility index (Phi) is 5.02. The van der Waals surface area contributed by atoms with E-state index in [-0.39, 0.29) is 17.8 Å². The number of rotatable bonds is 3. The molecule has 1 aromatic rings. The molecule has 118 valence electrons. The first-order valence-electron chi connectivity index (χ1n) is 7.67. The molecule has 0 aromatic heterocycles. The highest BCUT2D eigenvalue weighted by Crippen LogP contribution is 2.28. The molecule has 1 saturated heterocycles. The van der Waals surface area contributed by atoms with Gasteiger partial charge < -0.3 is 10.2 Å². The first-order chi connectivity index (χ1) is 10.4. The summed E-state index contributed by atoms with van der Waals surface area (Å²) >= 11 is 0. The maximum Gasteiger partial charge on any atom is 0.194 e. The second kappa shape index (κ2) is 6.78. The Hall–Kier alpha value is -2.09. The molecule has 0 atom stereocenters. The van der Waals surface area contributed by atoms with Crippen molar-refractivity contribution in [2.45, 2.75) is 33.7 Å². The number of hydrogen-bond donors (Lipinski definition) is 1. The van der Waals surface area contributed by atoms with Crippen molar-refractivity contribution in [1.82, 2.24) is 10.2 Å². The SMILES string of the molecule is CCNC(=NCc1ccc(C#N)cc1F)N1CCC(C)(C)C1. The van der Waals surface area contributed by atoms with Crippen molar-refractivity contribution in [3.05, 3.63) is 35.1 Å². The molecule has 0 radical (unpaired) electrons. The molecule has 1 aliphatic heterocycles. The Labute approximate surface area is 131 Å². The zero-order chi connectivity index (χ0) is 16.2. The second-order valence-corrected chi connectivity index (χ2v) is 6.42. The Bertz CT molecular complexity index is 601. The average molecular weight is 302 g/mol. The largest absolute Gasteiger partial charge is 0.357 e. The van der Waals surface area contributed by atoms with Gasteiger partial charge in [0, 0.05) is 25.2 Å². The number of guanidine groups is 1. The van der Waals surface area contributed by atoms with Crippen molar-refractivity contribution >= 4 is 5.96 Å². The fourth-order valence-corrected chi connectivity index (χ4v) is 2.62. The minimum Gasteiger partial charge on any atom is -0.357 e. The van der Waals surface area contributed by atoms with Gasteiger partial charge in [0.2, 0.25) is 0 Å². The standard InChI is InChI=1S/C17H23FN4/c1-4-20-16(22-8-7-17(2,3)12-22)21-11-14-6-5-13(10-19)9-15(14)18/h5-6,9H,4,7-8,11-12H2,1-3H3,(H,20,21). The molecular weight excluding hydrogens is 279 g/mol. The summed E-state index contributed by atoms with van der Waals surface area (Å²) in [4.78, 5) is 6.78. The molecule has 0 unspecified atom stereocenters. The van der Waals surface area contributed by atoms with Gasteiger partial charge in [-0.15, -0.1) is 0 Å². The Morgan fingerprint density at radius 3 is 2.82 bits per heavy atom. The third-order valence-electron chi connectivity index (χ3n) is 3.89. The summed E-state index contributed by atoms with van der Waals surface area (Å²) in [6.07, 6.45) is 1.13. The third kappa shape index (κ3) is 3.97. The van der Waals surface area contributed by atoms with Gasteiger partial charge in [0.05, 0.1) is 18.2 Å². The lowest BCUT2D eigenvalue weighted by Gasteiger charge is -2.23. The van der Waals surface area contributed by atoms with E-state index in [0.717, 1.165) is 32.0 Å². The molecule has 1 aliphatic rings. The first-order valence-corrected chi connectivity index (χ1v) is 7.67. The molecule has 0 bridgehead atoms. The summed E-state index contributed by atoms with van der Waals surface area (Å²) in [5.74, 6) is 0.456. The first kappa shape index (κ1) is 16.3. The highest BCUT2D eigenvalue weighted by Gasteiger charge is 2.30. The number of nitriles is 1. The van der Waals surface area contributed by atoms with E-state index in [2.05, 4.69) is 29.1 Å². The van der Waals surface area contributed by atoms with Crippen LogP contribution in [0.2, 0.25) is 0 Å². The van der Waals surface area contributed by atoms with E-state index in [1.165, 1.54) is 6.07 Å². The molecule has 0 amide bonds. The van der Waals surface area contributed by atoms with E-state index in [1.807, 2.05) is 13.0 Å². The summed E-state index contributed by atoms with van der Waals surface area (Å²) in [5, 5.41) is 12.0. The lowest BCUT2D eigenvalue weighted by atomic mass is 9.93. The van der Waals surface area contributed by atoms with Crippen molar-refractivity contribution < 1.29 is 4.39 Å². The van der Waals surface area contributed by atoms with Crippen LogP contribution in [0.3, 0.4) is 0 Å². The molecular formula is C17H23FN4. The van der Waals surface area contributed by atoms with Crippen molar-refractivity contribution in [3.8, 4) is 6.07 Å². The van der Waals surface area contributed by atoms with E-state index in [0.29, 0.717) is 11.1 Å². The molecule has 4 nitrogen and oxygen atoms in total. The number of halogens is 1. The topological polar surface area (TPSA) is 51.4 Å². The van der Waals surface area contributed by atoms with Crippen LogP contribution in [0.15, 0.2) is 23.2 Å². The zero-order valence-electron chi connectivity index (χ0n) is 13.5. The van der Waals surface area contributed by atoms with Crippen LogP contribution in [0.25, 0.3) is 0 Å². The lowest BCUT2D eigenvalue weighted by molar-refractivity contribution is 0.370. The predicted molar refractivity (Wildman–Crippen MR) is 85.9 cm³/mol. The zero-order valence-corrected chi connectivity index (χ0v) is 13.5. The van der Waals surface area contributed by atoms with Gasteiger partial charge in [0.15, 0.2) is 5.96 Å². The number of nitrogens with one attached hydrogen (secondary N) is 1. The molecule has 0 spiro atoms. The Morgan fingerprint density at radius 2 is 2.27 bits per heavy atom. The number of benzene rings is 1. The number of likely N-dealkylation sites (tertiary alicyclic amines) is 1. The van der Waals surface area contributed by atoms with Crippen LogP contribution >= 0.6 is 0 Å². The monoisotopic (exact) mass is 302 g/mol.